The molecule has 7 heteroatoms. The fourth-order valence-electron chi connectivity index (χ4n) is 2.11. The van der Waals surface area contributed by atoms with Crippen molar-refractivity contribution in [3.8, 4) is 0 Å². The van der Waals surface area contributed by atoms with Crippen LogP contribution in [-0.2, 0) is 0 Å². The van der Waals surface area contributed by atoms with Crippen LogP contribution in [0.3, 0.4) is 0 Å². The maximum atomic E-state index is 13.6. The molecular formula is C17H11BrFN3O2. The number of halogens is 2. The van der Waals surface area contributed by atoms with Gasteiger partial charge in [0.2, 0.25) is 0 Å². The molecule has 5 nitrogen and oxygen atoms in total. The molecule has 3 aromatic rings. The van der Waals surface area contributed by atoms with Crippen LogP contribution in [0, 0.1) is 5.82 Å². The number of fused-ring (bicyclic) bond motifs is 1. The molecule has 1 heterocycles. The van der Waals surface area contributed by atoms with Gasteiger partial charge in [0, 0.05) is 9.86 Å². The van der Waals surface area contributed by atoms with Crippen molar-refractivity contribution in [3.05, 3.63) is 76.1 Å². The van der Waals surface area contributed by atoms with Crippen LogP contribution in [-0.4, -0.2) is 16.8 Å². The van der Waals surface area contributed by atoms with Gasteiger partial charge in [-0.2, -0.15) is 0 Å². The number of hydrogen-bond acceptors (Lipinski definition) is 3. The first-order valence-corrected chi connectivity index (χ1v) is 7.75. The lowest BCUT2D eigenvalue weighted by atomic mass is 10.2. The van der Waals surface area contributed by atoms with E-state index in [1.165, 1.54) is 12.1 Å². The van der Waals surface area contributed by atoms with Gasteiger partial charge in [-0.15, -0.1) is 0 Å². The summed E-state index contributed by atoms with van der Waals surface area (Å²) in [7, 11) is 0. The Morgan fingerprint density at radius 3 is 2.54 bits per heavy atom. The summed E-state index contributed by atoms with van der Waals surface area (Å²) in [6.45, 7) is 0. The SMILES string of the molecule is O=C(NNC(=O)c1cc(Br)ccc1F)c1ccc2ccccc2n1. The Kier molecular flexibility index (Phi) is 4.52. The van der Waals surface area contributed by atoms with Crippen LogP contribution in [0.4, 0.5) is 4.39 Å². The number of hydrazine groups is 1. The first-order valence-electron chi connectivity index (χ1n) is 6.96. The highest BCUT2D eigenvalue weighted by Crippen LogP contribution is 2.15. The van der Waals surface area contributed by atoms with E-state index in [-0.39, 0.29) is 11.3 Å². The van der Waals surface area contributed by atoms with Crippen molar-refractivity contribution in [1.29, 1.82) is 0 Å². The highest BCUT2D eigenvalue weighted by atomic mass is 79.9. The maximum Gasteiger partial charge on any atom is 0.288 e. The third-order valence-corrected chi connectivity index (χ3v) is 3.79. The summed E-state index contributed by atoms with van der Waals surface area (Å²) in [5, 5.41) is 0.897. The van der Waals surface area contributed by atoms with Gasteiger partial charge >= 0.3 is 0 Å². The molecule has 2 N–H and O–H groups in total. The van der Waals surface area contributed by atoms with E-state index in [0.29, 0.717) is 9.99 Å². The molecule has 3 rings (SSSR count). The smallest absolute Gasteiger partial charge is 0.267 e. The zero-order valence-electron chi connectivity index (χ0n) is 12.2. The lowest BCUT2D eigenvalue weighted by molar-refractivity contribution is 0.0842. The number of aromatic nitrogens is 1. The zero-order valence-corrected chi connectivity index (χ0v) is 13.8. The zero-order chi connectivity index (χ0) is 17.1. The average Bonchev–Trinajstić information content (AvgIpc) is 2.61. The molecule has 2 aromatic carbocycles. The molecule has 0 atom stereocenters. The minimum atomic E-state index is -0.761. The highest BCUT2D eigenvalue weighted by Gasteiger charge is 2.14. The Labute approximate surface area is 145 Å². The number of nitrogens with zero attached hydrogens (tertiary/aromatic N) is 1. The molecule has 0 fully saturated rings. The van der Waals surface area contributed by atoms with Crippen molar-refractivity contribution in [2.24, 2.45) is 0 Å². The van der Waals surface area contributed by atoms with Gasteiger partial charge in [-0.25, -0.2) is 9.37 Å². The molecule has 1 aromatic heterocycles. The van der Waals surface area contributed by atoms with Crippen LogP contribution >= 0.6 is 15.9 Å². The van der Waals surface area contributed by atoms with E-state index in [9.17, 15) is 14.0 Å². The Hall–Kier alpha value is -2.80. The number of carbonyl (C=O) groups is 2. The predicted octanol–water partition coefficient (Wildman–Crippen LogP) is 3.21. The molecule has 0 aliphatic rings. The minimum absolute atomic E-state index is 0.142. The van der Waals surface area contributed by atoms with Crippen molar-refractivity contribution >= 4 is 38.6 Å². The summed E-state index contributed by atoms with van der Waals surface area (Å²) in [6.07, 6.45) is 0. The summed E-state index contributed by atoms with van der Waals surface area (Å²) in [5.41, 5.74) is 5.02. The van der Waals surface area contributed by atoms with E-state index in [0.717, 1.165) is 11.5 Å². The largest absolute Gasteiger partial charge is 0.288 e. The molecule has 0 spiro atoms. The lowest BCUT2D eigenvalue weighted by Gasteiger charge is -2.08. The molecule has 120 valence electrons. The van der Waals surface area contributed by atoms with E-state index in [2.05, 4.69) is 31.8 Å². The number of amides is 2. The summed E-state index contributed by atoms with van der Waals surface area (Å²) < 4.78 is 14.2. The molecule has 0 saturated heterocycles. The average molecular weight is 388 g/mol. The van der Waals surface area contributed by atoms with Gasteiger partial charge in [0.25, 0.3) is 11.8 Å². The molecule has 0 aliphatic carbocycles. The second-order valence-electron chi connectivity index (χ2n) is 4.92. The van der Waals surface area contributed by atoms with Crippen LogP contribution in [0.1, 0.15) is 20.8 Å². The molecule has 24 heavy (non-hydrogen) atoms. The van der Waals surface area contributed by atoms with Gasteiger partial charge in [0.05, 0.1) is 11.1 Å². The molecular weight excluding hydrogens is 377 g/mol. The number of para-hydroxylation sites is 1. The summed E-state index contributed by atoms with van der Waals surface area (Å²) in [4.78, 5) is 28.3. The third kappa shape index (κ3) is 3.41. The van der Waals surface area contributed by atoms with Crippen molar-refractivity contribution in [3.63, 3.8) is 0 Å². The van der Waals surface area contributed by atoms with Gasteiger partial charge in [0.15, 0.2) is 0 Å². The number of carbonyl (C=O) groups excluding carboxylic acids is 2. The van der Waals surface area contributed by atoms with E-state index >= 15 is 0 Å². The first-order chi connectivity index (χ1) is 11.5. The normalized spacial score (nSPS) is 10.4. The highest BCUT2D eigenvalue weighted by molar-refractivity contribution is 9.10. The number of pyridine rings is 1. The third-order valence-electron chi connectivity index (χ3n) is 3.29. The van der Waals surface area contributed by atoms with Crippen LogP contribution in [0.15, 0.2) is 59.1 Å². The molecule has 0 saturated carbocycles. The first kappa shape index (κ1) is 16.1. The second kappa shape index (κ2) is 6.76. The van der Waals surface area contributed by atoms with Crippen molar-refractivity contribution in [2.45, 2.75) is 0 Å². The van der Waals surface area contributed by atoms with Gasteiger partial charge in [0.1, 0.15) is 11.5 Å². The fraction of sp³-hybridized carbons (Fsp3) is 0. The van der Waals surface area contributed by atoms with Crippen molar-refractivity contribution in [1.82, 2.24) is 15.8 Å². The molecule has 0 unspecified atom stereocenters. The Balaban J connectivity index is 1.72. The van der Waals surface area contributed by atoms with Gasteiger partial charge in [-0.3, -0.25) is 20.4 Å². The van der Waals surface area contributed by atoms with Gasteiger partial charge in [-0.1, -0.05) is 40.2 Å². The summed E-state index contributed by atoms with van der Waals surface area (Å²) in [6, 6.07) is 14.6. The Bertz CT molecular complexity index is 946. The van der Waals surface area contributed by atoms with E-state index in [1.807, 2.05) is 18.2 Å². The van der Waals surface area contributed by atoms with Crippen LogP contribution in [0.5, 0.6) is 0 Å². The number of hydrogen-bond donors (Lipinski definition) is 2. The molecule has 0 bridgehead atoms. The van der Waals surface area contributed by atoms with Crippen LogP contribution in [0.2, 0.25) is 0 Å². The van der Waals surface area contributed by atoms with E-state index < -0.39 is 17.6 Å². The Morgan fingerprint density at radius 1 is 0.958 bits per heavy atom. The number of nitrogens with one attached hydrogen (secondary N) is 2. The van der Waals surface area contributed by atoms with Crippen LogP contribution < -0.4 is 10.9 Å². The fourth-order valence-corrected chi connectivity index (χ4v) is 2.47. The van der Waals surface area contributed by atoms with Gasteiger partial charge in [-0.05, 0) is 30.3 Å². The van der Waals surface area contributed by atoms with E-state index in [1.54, 1.807) is 18.2 Å². The Morgan fingerprint density at radius 2 is 1.71 bits per heavy atom. The topological polar surface area (TPSA) is 71.1 Å². The molecule has 0 radical (unpaired) electrons. The summed E-state index contributed by atoms with van der Waals surface area (Å²) in [5.74, 6) is -2.04. The van der Waals surface area contributed by atoms with Gasteiger partial charge < -0.3 is 0 Å². The molecule has 0 aliphatic heterocycles. The maximum absolute atomic E-state index is 13.6. The van der Waals surface area contributed by atoms with Crippen LogP contribution in [0.25, 0.3) is 10.9 Å². The standard InChI is InChI=1S/C17H11BrFN3O2/c18-11-6-7-13(19)12(9-11)16(23)21-22-17(24)15-8-5-10-3-1-2-4-14(10)20-15/h1-9H,(H,21,23)(H,22,24). The minimum Gasteiger partial charge on any atom is -0.267 e. The van der Waals surface area contributed by atoms with E-state index in [4.69, 9.17) is 0 Å². The summed E-state index contributed by atoms with van der Waals surface area (Å²) >= 11 is 3.16. The monoisotopic (exact) mass is 387 g/mol. The number of rotatable bonds is 2. The number of benzene rings is 2. The lowest BCUT2D eigenvalue weighted by Crippen LogP contribution is -2.42. The predicted molar refractivity (Wildman–Crippen MR) is 90.8 cm³/mol. The van der Waals surface area contributed by atoms with Crippen molar-refractivity contribution in [2.75, 3.05) is 0 Å². The molecule has 2 amide bonds. The second-order valence-corrected chi connectivity index (χ2v) is 5.84. The van der Waals surface area contributed by atoms with Crippen molar-refractivity contribution < 1.29 is 14.0 Å². The quantitative estimate of drug-likeness (QED) is 0.663.